The largest absolute Gasteiger partial charge is 0.425 e. The molecule has 0 spiro atoms. The monoisotopic (exact) mass is 1770 g/mol. The zero-order chi connectivity index (χ0) is 82.4. The van der Waals surface area contributed by atoms with Crippen LogP contribution in [0.3, 0.4) is 0 Å². The predicted octanol–water partition coefficient (Wildman–Crippen LogP) is 13.8. The van der Waals surface area contributed by atoms with E-state index >= 15 is 0 Å². The Labute approximate surface area is 710 Å². The summed E-state index contributed by atoms with van der Waals surface area (Å²) in [4.78, 5) is 76.7. The lowest BCUT2D eigenvalue weighted by Crippen LogP contribution is -2.36. The number of fused-ring (bicyclic) bond motifs is 8. The van der Waals surface area contributed by atoms with Gasteiger partial charge in [-0.05, 0) is 245 Å². The Balaban J connectivity index is 0.000000183. The fourth-order valence-electron chi connectivity index (χ4n) is 14.5. The quantitative estimate of drug-likeness (QED) is 0.140. The Bertz CT molecular complexity index is 5870. The summed E-state index contributed by atoms with van der Waals surface area (Å²) in [5.41, 5.74) is 7.83. The molecule has 27 heteroatoms. The molecule has 8 aromatic carbocycles. The number of aromatic nitrogens is 8. The second-order valence-electron chi connectivity index (χ2n) is 29.5. The van der Waals surface area contributed by atoms with Gasteiger partial charge in [0, 0.05) is 108 Å². The molecule has 4 aliphatic rings. The van der Waals surface area contributed by atoms with E-state index in [9.17, 15) is 32.3 Å². The number of nitrogens with zero attached hydrogens (tertiary/aromatic N) is 11. The van der Waals surface area contributed by atoms with Crippen molar-refractivity contribution in [2.75, 3.05) is 76.0 Å². The molecule has 117 heavy (non-hydrogen) atoms. The number of hydrogen-bond donors (Lipinski definition) is 1. The number of nitrogens with one attached hydrogen (secondary N) is 1. The van der Waals surface area contributed by atoms with E-state index < -0.39 is 10.6 Å². The average Bonchev–Trinajstić information content (AvgIpc) is 0.790. The van der Waals surface area contributed by atoms with E-state index in [0.717, 1.165) is 158 Å². The van der Waals surface area contributed by atoms with Gasteiger partial charge in [0.25, 0.3) is 22.2 Å². The van der Waals surface area contributed by atoms with Crippen molar-refractivity contribution < 1.29 is 25.8 Å². The molecule has 0 saturated carbocycles. The molecule has 12 aromatic rings. The van der Waals surface area contributed by atoms with Crippen LogP contribution in [0.5, 0.6) is 0 Å². The van der Waals surface area contributed by atoms with Crippen molar-refractivity contribution >= 4 is 111 Å². The zero-order valence-electron chi connectivity index (χ0n) is 66.3. The highest BCUT2D eigenvalue weighted by atomic mass is 79.9. The van der Waals surface area contributed by atoms with Crippen LogP contribution in [0.15, 0.2) is 204 Å². The topological polar surface area (TPSA) is 213 Å². The highest BCUT2D eigenvalue weighted by Crippen LogP contribution is 2.27. The molecule has 4 atom stereocenters. The van der Waals surface area contributed by atoms with Gasteiger partial charge in [-0.25, -0.2) is 33.1 Å². The van der Waals surface area contributed by atoms with Gasteiger partial charge in [0.05, 0.1) is 43.6 Å². The molecule has 0 amide bonds. The van der Waals surface area contributed by atoms with Crippen molar-refractivity contribution in [3.8, 4) is 36.0 Å². The Hall–Kier alpha value is -10.2. The van der Waals surface area contributed by atoms with Gasteiger partial charge in [-0.15, -0.1) is 43.9 Å². The van der Waals surface area contributed by atoms with Crippen LogP contribution < -0.4 is 27.6 Å². The molecule has 0 aliphatic carbocycles. The third-order valence-corrected chi connectivity index (χ3v) is 20.5. The van der Waals surface area contributed by atoms with E-state index in [1.807, 2.05) is 99.1 Å². The van der Waals surface area contributed by atoms with E-state index in [1.54, 1.807) is 48.5 Å². The maximum atomic E-state index is 13.3. The van der Waals surface area contributed by atoms with Crippen LogP contribution in [0.1, 0.15) is 82.4 Å². The van der Waals surface area contributed by atoms with Gasteiger partial charge in [0.1, 0.15) is 40.7 Å². The lowest BCUT2D eigenvalue weighted by Gasteiger charge is -2.27. The Kier molecular flexibility index (Phi) is 35.0. The van der Waals surface area contributed by atoms with Crippen LogP contribution in [0.2, 0.25) is 0 Å². The molecule has 1 N–H and O–H groups in total. The molecule has 8 heterocycles. The van der Waals surface area contributed by atoms with E-state index in [0.29, 0.717) is 72.9 Å². The molecule has 0 fully saturated rings. The van der Waals surface area contributed by atoms with Gasteiger partial charge in [-0.3, -0.25) is 37.4 Å². The van der Waals surface area contributed by atoms with E-state index in [2.05, 4.69) is 153 Å². The van der Waals surface area contributed by atoms with Crippen molar-refractivity contribution in [1.82, 2.24) is 58.2 Å². The second kappa shape index (κ2) is 44.4. The normalized spacial score (nSPS) is 15.2. The van der Waals surface area contributed by atoms with Crippen LogP contribution in [0.25, 0.3) is 43.6 Å². The number of halogens is 7. The van der Waals surface area contributed by atoms with E-state index in [-0.39, 0.29) is 64.5 Å². The average molecular weight is 1770 g/mol. The highest BCUT2D eigenvalue weighted by molar-refractivity contribution is 9.10. The first-order valence-corrected chi connectivity index (χ1v) is 40.4. The number of aryl methyl sites for hydroxylation is 4. The van der Waals surface area contributed by atoms with Gasteiger partial charge < -0.3 is 20.0 Å². The standard InChI is InChI=1S/2C23H22FN3O.C19H17BrN2O.C15H18BrN3O.C8H5F.C2H7N.2ClH.O3S/c2*1-26(2)14-18-9-11-22-25-21-13-17(7-6-16-4-3-5-19(24)12-16)8-10-20(21)23(28)27(22)15-18;20-15-7-8-16-17(11-15)21-18-9-6-14(12-22(18)19(16)23)10-13-4-2-1-3-5-13;1-18(2)8-10-3-6-14-17-13-7-11(16)4-5-12(13)15(20)19(14)9-10;1-2-7-4-3-5-8(9)6-7;1-3-2;;;1-4(2)3/h2*3-5,8,10,12-13,18H,9,11,14-15H2,1-2H3;1-5,7-8,11,14H,6,9-10,12H2;4-5,7,10H,3,6,8-9H2,1-2H3;1,3-6H;3H,1-2H3;2*1H;. The van der Waals surface area contributed by atoms with Crippen molar-refractivity contribution in [2.24, 2.45) is 23.7 Å². The molecule has 4 aromatic heterocycles. The first-order chi connectivity index (χ1) is 55.2. The summed E-state index contributed by atoms with van der Waals surface area (Å²) in [7, 11) is 13.0. The molecular weight excluding hydrogens is 1680 g/mol. The molecule has 19 nitrogen and oxygen atoms in total. The molecule has 4 aliphatic heterocycles. The summed E-state index contributed by atoms with van der Waals surface area (Å²) < 4.78 is 73.5. The third kappa shape index (κ3) is 26.4. The van der Waals surface area contributed by atoms with Crippen LogP contribution >= 0.6 is 56.7 Å². The summed E-state index contributed by atoms with van der Waals surface area (Å²) in [6.07, 6.45) is 13.7. The maximum Gasteiger partial charge on any atom is 0.425 e. The van der Waals surface area contributed by atoms with E-state index in [4.69, 9.17) is 34.0 Å². The van der Waals surface area contributed by atoms with Crippen molar-refractivity contribution in [1.29, 1.82) is 0 Å². The van der Waals surface area contributed by atoms with E-state index in [1.165, 1.54) is 42.0 Å². The SMILES string of the molecule is C#Cc1cccc(F)c1.CN(C)CC1CCc2nc3cc(Br)ccc3c(=O)n2C1.CN(C)CC1CCc2nc3cc(C#Cc4cccc(F)c4)ccc3c(=O)n2C1.CN(C)CC1CCc2nc3cc(C#Cc4cccc(F)c4)ccc3c(=O)n2C1.CNC.Cl.Cl.O=S(=O)=O.O=c1c2ccc(Br)cc2nc2n1CC(Cc1ccccc1)CC2. The van der Waals surface area contributed by atoms with Gasteiger partial charge >= 0.3 is 10.6 Å². The van der Waals surface area contributed by atoms with Crippen LogP contribution in [0.4, 0.5) is 13.2 Å². The minimum Gasteiger partial charge on any atom is -0.323 e. The number of rotatable bonds is 8. The Morgan fingerprint density at radius 3 is 1.00 bits per heavy atom. The molecule has 0 saturated heterocycles. The molecule has 16 rings (SSSR count). The van der Waals surface area contributed by atoms with Gasteiger partial charge in [-0.1, -0.05) is 110 Å². The smallest absolute Gasteiger partial charge is 0.323 e. The number of hydrogen-bond acceptors (Lipinski definition) is 15. The lowest BCUT2D eigenvalue weighted by atomic mass is 9.92. The number of terminal acetylenes is 1. The molecule has 0 radical (unpaired) electrons. The summed E-state index contributed by atoms with van der Waals surface area (Å²) >= 11 is 6.89. The van der Waals surface area contributed by atoms with Crippen LogP contribution in [-0.2, 0) is 68.9 Å². The maximum absolute atomic E-state index is 13.3. The highest BCUT2D eigenvalue weighted by Gasteiger charge is 2.27. The number of benzene rings is 8. The minimum absolute atomic E-state index is 0. The van der Waals surface area contributed by atoms with Gasteiger partial charge in [0.15, 0.2) is 0 Å². The lowest BCUT2D eigenvalue weighted by molar-refractivity contribution is 0.261. The molecule has 0 bridgehead atoms. The van der Waals surface area contributed by atoms with Crippen LogP contribution in [-0.4, -0.2) is 142 Å². The summed E-state index contributed by atoms with van der Waals surface area (Å²) in [6.45, 7) is 5.95. The first kappa shape index (κ1) is 92.3. The van der Waals surface area contributed by atoms with Gasteiger partial charge in [-0.2, -0.15) is 0 Å². The molecule has 4 unspecified atom stereocenters. The fraction of sp³-hybridized carbons (Fsp3) is 0.311. The van der Waals surface area contributed by atoms with Crippen molar-refractivity contribution in [2.45, 2.75) is 84.0 Å². The predicted molar refractivity (Wildman–Crippen MR) is 471 cm³/mol. The molecule has 610 valence electrons. The fourth-order valence-corrected chi connectivity index (χ4v) is 15.2. The van der Waals surface area contributed by atoms with Crippen molar-refractivity contribution in [3.05, 3.63) is 300 Å². The Morgan fingerprint density at radius 2 is 0.692 bits per heavy atom. The van der Waals surface area contributed by atoms with Gasteiger partial charge in [0.2, 0.25) is 0 Å². The second-order valence-corrected chi connectivity index (χ2v) is 31.8. The first-order valence-electron chi connectivity index (χ1n) is 37.8. The summed E-state index contributed by atoms with van der Waals surface area (Å²) in [6, 6.07) is 51.2. The van der Waals surface area contributed by atoms with Crippen molar-refractivity contribution in [3.63, 3.8) is 0 Å². The Morgan fingerprint density at radius 1 is 0.410 bits per heavy atom. The molecular formula is C90H93Br2Cl2F3N12O7S. The van der Waals surface area contributed by atoms with Crippen LogP contribution in [0, 0.1) is 77.1 Å². The summed E-state index contributed by atoms with van der Waals surface area (Å²) in [5.74, 6) is 18.9. The minimum atomic E-state index is -3.11. The third-order valence-electron chi connectivity index (χ3n) is 19.5. The summed E-state index contributed by atoms with van der Waals surface area (Å²) in [5, 5.41) is 5.40. The zero-order valence-corrected chi connectivity index (χ0v) is 72.0.